The van der Waals surface area contributed by atoms with E-state index in [0.717, 1.165) is 38.3 Å². The van der Waals surface area contributed by atoms with Gasteiger partial charge in [-0.25, -0.2) is 0 Å². The SMILES string of the molecule is O=C(Nc1ccc([N+](=O)[O-])cc1O)C1CCCCCN1. The van der Waals surface area contributed by atoms with Crippen LogP contribution in [0.4, 0.5) is 11.4 Å². The van der Waals surface area contributed by atoms with E-state index in [1.54, 1.807) is 0 Å². The molecule has 1 aliphatic heterocycles. The number of aromatic hydroxyl groups is 1. The van der Waals surface area contributed by atoms with Crippen molar-refractivity contribution in [3.05, 3.63) is 28.3 Å². The lowest BCUT2D eigenvalue weighted by atomic mass is 10.1. The molecule has 0 bridgehead atoms. The van der Waals surface area contributed by atoms with Crippen LogP contribution in [-0.4, -0.2) is 28.5 Å². The zero-order valence-electron chi connectivity index (χ0n) is 11.0. The summed E-state index contributed by atoms with van der Waals surface area (Å²) in [6, 6.07) is 3.32. The van der Waals surface area contributed by atoms with Gasteiger partial charge < -0.3 is 15.7 Å². The number of hydrogen-bond acceptors (Lipinski definition) is 5. The minimum atomic E-state index is -0.599. The van der Waals surface area contributed by atoms with Crippen LogP contribution in [0.3, 0.4) is 0 Å². The summed E-state index contributed by atoms with van der Waals surface area (Å²) in [7, 11) is 0. The molecule has 1 amide bonds. The number of nitro benzene ring substituents is 1. The molecule has 0 spiro atoms. The predicted molar refractivity (Wildman–Crippen MR) is 73.6 cm³/mol. The second-order valence-electron chi connectivity index (χ2n) is 4.80. The lowest BCUT2D eigenvalue weighted by molar-refractivity contribution is -0.384. The van der Waals surface area contributed by atoms with Gasteiger partial charge >= 0.3 is 0 Å². The number of phenolic OH excluding ortho intramolecular Hbond substituents is 1. The number of hydrogen-bond donors (Lipinski definition) is 3. The van der Waals surface area contributed by atoms with Gasteiger partial charge in [0.15, 0.2) is 0 Å². The third-order valence-corrected chi connectivity index (χ3v) is 3.33. The van der Waals surface area contributed by atoms with Gasteiger partial charge in [-0.15, -0.1) is 0 Å². The molecule has 0 aliphatic carbocycles. The van der Waals surface area contributed by atoms with Crippen LogP contribution in [0.5, 0.6) is 5.75 Å². The standard InChI is InChI=1S/C13H17N3O4/c17-12-8-9(16(19)20)5-6-10(12)15-13(18)11-4-2-1-3-7-14-11/h5-6,8,11,14,17H,1-4,7H2,(H,15,18). The quantitative estimate of drug-likeness (QED) is 0.444. The van der Waals surface area contributed by atoms with Gasteiger partial charge in [0, 0.05) is 6.07 Å². The molecule has 7 heteroatoms. The number of carbonyl (C=O) groups is 1. The molecule has 1 saturated heterocycles. The zero-order valence-corrected chi connectivity index (χ0v) is 11.0. The summed E-state index contributed by atoms with van der Waals surface area (Å²) in [5.74, 6) is -0.530. The van der Waals surface area contributed by atoms with Gasteiger partial charge in [0.25, 0.3) is 5.69 Å². The molecule has 7 nitrogen and oxygen atoms in total. The molecule has 1 aromatic rings. The van der Waals surface area contributed by atoms with Crippen molar-refractivity contribution in [3.8, 4) is 5.75 Å². The topological polar surface area (TPSA) is 104 Å². The molecule has 20 heavy (non-hydrogen) atoms. The molecule has 0 aromatic heterocycles. The highest BCUT2D eigenvalue weighted by Crippen LogP contribution is 2.28. The van der Waals surface area contributed by atoms with E-state index in [2.05, 4.69) is 10.6 Å². The summed E-state index contributed by atoms with van der Waals surface area (Å²) in [6.45, 7) is 0.796. The molecule has 2 rings (SSSR count). The van der Waals surface area contributed by atoms with Gasteiger partial charge in [-0.1, -0.05) is 12.8 Å². The van der Waals surface area contributed by atoms with E-state index in [1.807, 2.05) is 0 Å². The molecule has 108 valence electrons. The first-order chi connectivity index (χ1) is 9.58. The summed E-state index contributed by atoms with van der Waals surface area (Å²) < 4.78 is 0. The first-order valence-electron chi connectivity index (χ1n) is 6.59. The van der Waals surface area contributed by atoms with Crippen LogP contribution in [0, 0.1) is 10.1 Å². The molecule has 0 radical (unpaired) electrons. The number of carbonyl (C=O) groups excluding carboxylic acids is 1. The summed E-state index contributed by atoms with van der Waals surface area (Å²) >= 11 is 0. The Bertz CT molecular complexity index is 510. The maximum absolute atomic E-state index is 12.1. The van der Waals surface area contributed by atoms with Gasteiger partial charge in [0.05, 0.1) is 22.7 Å². The van der Waals surface area contributed by atoms with Gasteiger partial charge in [-0.3, -0.25) is 14.9 Å². The minimum absolute atomic E-state index is 0.187. The average Bonchev–Trinajstić information content (AvgIpc) is 2.69. The lowest BCUT2D eigenvalue weighted by Crippen LogP contribution is -2.39. The van der Waals surface area contributed by atoms with Crippen molar-refractivity contribution < 1.29 is 14.8 Å². The van der Waals surface area contributed by atoms with Gasteiger partial charge in [0.2, 0.25) is 5.91 Å². The van der Waals surface area contributed by atoms with E-state index < -0.39 is 4.92 Å². The van der Waals surface area contributed by atoms with Crippen LogP contribution in [0.2, 0.25) is 0 Å². The van der Waals surface area contributed by atoms with Crippen LogP contribution in [0.1, 0.15) is 25.7 Å². The summed E-state index contributed by atoms with van der Waals surface area (Å²) in [5.41, 5.74) is -0.0280. The Morgan fingerprint density at radius 3 is 2.90 bits per heavy atom. The fraction of sp³-hybridized carbons (Fsp3) is 0.462. The maximum atomic E-state index is 12.1. The summed E-state index contributed by atoms with van der Waals surface area (Å²) in [4.78, 5) is 22.0. The highest BCUT2D eigenvalue weighted by molar-refractivity contribution is 5.96. The number of non-ortho nitro benzene ring substituents is 1. The van der Waals surface area contributed by atoms with E-state index in [0.29, 0.717) is 0 Å². The first-order valence-corrected chi connectivity index (χ1v) is 6.59. The molecule has 3 N–H and O–H groups in total. The molecule has 1 atom stereocenters. The first kappa shape index (κ1) is 14.3. The van der Waals surface area contributed by atoms with Crippen molar-refractivity contribution in [2.24, 2.45) is 0 Å². The number of nitrogens with zero attached hydrogens (tertiary/aromatic N) is 1. The third kappa shape index (κ3) is 3.45. The highest BCUT2D eigenvalue weighted by Gasteiger charge is 2.21. The molecular formula is C13H17N3O4. The van der Waals surface area contributed by atoms with Crippen LogP contribution in [0.15, 0.2) is 18.2 Å². The van der Waals surface area contributed by atoms with Crippen LogP contribution >= 0.6 is 0 Å². The lowest BCUT2D eigenvalue weighted by Gasteiger charge is -2.16. The molecular weight excluding hydrogens is 262 g/mol. The smallest absolute Gasteiger partial charge is 0.273 e. The van der Waals surface area contributed by atoms with Gasteiger partial charge in [-0.2, -0.15) is 0 Å². The van der Waals surface area contributed by atoms with Crippen LogP contribution in [0.25, 0.3) is 0 Å². The molecule has 1 fully saturated rings. The Morgan fingerprint density at radius 2 is 2.20 bits per heavy atom. The molecule has 0 saturated carbocycles. The number of phenols is 1. The van der Waals surface area contributed by atoms with Crippen molar-refractivity contribution in [1.29, 1.82) is 0 Å². The normalized spacial score (nSPS) is 19.1. The maximum Gasteiger partial charge on any atom is 0.273 e. The van der Waals surface area contributed by atoms with Crippen LogP contribution in [-0.2, 0) is 4.79 Å². The van der Waals surface area contributed by atoms with Crippen molar-refractivity contribution in [2.45, 2.75) is 31.7 Å². The Hall–Kier alpha value is -2.15. The average molecular weight is 279 g/mol. The molecule has 1 aliphatic rings. The second-order valence-corrected chi connectivity index (χ2v) is 4.80. The van der Waals surface area contributed by atoms with E-state index in [-0.39, 0.29) is 29.1 Å². The second kappa shape index (κ2) is 6.33. The third-order valence-electron chi connectivity index (χ3n) is 3.33. The van der Waals surface area contributed by atoms with Crippen molar-refractivity contribution in [1.82, 2.24) is 5.32 Å². The summed E-state index contributed by atoms with van der Waals surface area (Å²) in [5, 5.41) is 26.0. The Balaban J connectivity index is 2.05. The zero-order chi connectivity index (χ0) is 14.5. The Kier molecular flexibility index (Phi) is 4.52. The number of amides is 1. The Morgan fingerprint density at radius 1 is 1.40 bits per heavy atom. The van der Waals surface area contributed by atoms with Gasteiger partial charge in [0.1, 0.15) is 5.75 Å². The van der Waals surface area contributed by atoms with E-state index in [9.17, 15) is 20.0 Å². The number of benzene rings is 1. The largest absolute Gasteiger partial charge is 0.506 e. The number of nitro groups is 1. The monoisotopic (exact) mass is 279 g/mol. The fourth-order valence-corrected chi connectivity index (χ4v) is 2.21. The number of nitrogens with one attached hydrogen (secondary N) is 2. The fourth-order valence-electron chi connectivity index (χ4n) is 2.21. The van der Waals surface area contributed by atoms with Gasteiger partial charge in [-0.05, 0) is 25.5 Å². The van der Waals surface area contributed by atoms with Crippen molar-refractivity contribution in [2.75, 3.05) is 11.9 Å². The minimum Gasteiger partial charge on any atom is -0.506 e. The van der Waals surface area contributed by atoms with E-state index in [4.69, 9.17) is 0 Å². The van der Waals surface area contributed by atoms with Crippen molar-refractivity contribution in [3.63, 3.8) is 0 Å². The predicted octanol–water partition coefficient (Wildman–Crippen LogP) is 1.77. The van der Waals surface area contributed by atoms with E-state index in [1.165, 1.54) is 12.1 Å². The number of anilines is 1. The van der Waals surface area contributed by atoms with Crippen molar-refractivity contribution >= 4 is 17.3 Å². The van der Waals surface area contributed by atoms with Crippen LogP contribution < -0.4 is 10.6 Å². The summed E-state index contributed by atoms with van der Waals surface area (Å²) in [6.07, 6.45) is 3.88. The number of rotatable bonds is 3. The molecule has 1 unspecified atom stereocenters. The molecule has 1 aromatic carbocycles. The highest BCUT2D eigenvalue weighted by atomic mass is 16.6. The van der Waals surface area contributed by atoms with E-state index >= 15 is 0 Å². The molecule has 1 heterocycles. The Labute approximate surface area is 116 Å².